The van der Waals surface area contributed by atoms with Gasteiger partial charge in [0, 0.05) is 23.7 Å². The van der Waals surface area contributed by atoms with Gasteiger partial charge in [0.15, 0.2) is 0 Å². The average molecular weight is 421 g/mol. The number of aromatic nitrogens is 4. The summed E-state index contributed by atoms with van der Waals surface area (Å²) in [6, 6.07) is 3.33. The number of halogens is 1. The van der Waals surface area contributed by atoms with Crippen LogP contribution in [0.1, 0.15) is 24.8 Å². The number of nitrogens with two attached hydrogens (primary N) is 1. The lowest BCUT2D eigenvalue weighted by atomic mass is 10.2. The Balaban J connectivity index is 1.48. The minimum Gasteiger partial charge on any atom is -0.383 e. The van der Waals surface area contributed by atoms with E-state index in [9.17, 15) is 13.2 Å². The zero-order valence-electron chi connectivity index (χ0n) is 14.8. The van der Waals surface area contributed by atoms with Crippen LogP contribution in [-0.2, 0) is 14.8 Å². The molecule has 0 aliphatic heterocycles. The molecule has 3 N–H and O–H groups in total. The highest BCUT2D eigenvalue weighted by Gasteiger charge is 2.45. The SMILES string of the molecule is CCS(=O)(=O)n1cc([C@H]2C[C@@H]2C(=O)Nc2cc3cc(Cl)nc(N)c3cn2)cn1. The van der Waals surface area contributed by atoms with E-state index < -0.39 is 10.0 Å². The summed E-state index contributed by atoms with van der Waals surface area (Å²) < 4.78 is 24.7. The number of amides is 1. The predicted octanol–water partition coefficient (Wildman–Crippen LogP) is 2.00. The molecule has 1 aliphatic carbocycles. The van der Waals surface area contributed by atoms with Gasteiger partial charge in [-0.25, -0.2) is 18.4 Å². The normalized spacial score (nSPS) is 18.9. The summed E-state index contributed by atoms with van der Waals surface area (Å²) in [5.74, 6) is 0.112. The standard InChI is InChI=1S/C17H17ClN6O3S/c1-2-28(26,27)24-8-10(6-21-24)11-5-12(11)17(25)23-15-4-9-3-14(18)22-16(19)13(9)7-20-15/h3-4,6-8,11-12H,2,5H2,1H3,(H2,19,22)(H,20,23,25)/t11-,12+/m1/s1. The molecule has 0 radical (unpaired) electrons. The van der Waals surface area contributed by atoms with Crippen LogP contribution in [0.2, 0.25) is 5.15 Å². The summed E-state index contributed by atoms with van der Waals surface area (Å²) in [5.41, 5.74) is 6.55. The van der Waals surface area contributed by atoms with Crippen LogP contribution in [0.5, 0.6) is 0 Å². The second-order valence-corrected chi connectivity index (χ2v) is 9.11. The Kier molecular flexibility index (Phi) is 4.47. The van der Waals surface area contributed by atoms with Crippen molar-refractivity contribution in [3.63, 3.8) is 0 Å². The predicted molar refractivity (Wildman–Crippen MR) is 106 cm³/mol. The topological polar surface area (TPSA) is 133 Å². The summed E-state index contributed by atoms with van der Waals surface area (Å²) in [5, 5.41) is 8.32. The monoisotopic (exact) mass is 420 g/mol. The fourth-order valence-electron chi connectivity index (χ4n) is 3.07. The van der Waals surface area contributed by atoms with E-state index in [1.54, 1.807) is 19.1 Å². The Morgan fingerprint density at radius 1 is 1.39 bits per heavy atom. The molecular weight excluding hydrogens is 404 g/mol. The molecule has 0 aromatic carbocycles. The van der Waals surface area contributed by atoms with E-state index in [2.05, 4.69) is 20.4 Å². The van der Waals surface area contributed by atoms with Crippen LogP contribution in [0.3, 0.4) is 0 Å². The minimum atomic E-state index is -3.43. The smallest absolute Gasteiger partial charge is 0.253 e. The number of hydrogen-bond acceptors (Lipinski definition) is 7. The van der Waals surface area contributed by atoms with Gasteiger partial charge in [-0.1, -0.05) is 11.6 Å². The largest absolute Gasteiger partial charge is 0.383 e. The first-order valence-electron chi connectivity index (χ1n) is 8.59. The fraction of sp³-hybridized carbons (Fsp3) is 0.294. The van der Waals surface area contributed by atoms with Crippen LogP contribution >= 0.6 is 11.6 Å². The second kappa shape index (κ2) is 6.71. The molecule has 9 nitrogen and oxygen atoms in total. The van der Waals surface area contributed by atoms with Gasteiger partial charge in [-0.05, 0) is 42.3 Å². The highest BCUT2D eigenvalue weighted by molar-refractivity contribution is 7.89. The van der Waals surface area contributed by atoms with Crippen molar-refractivity contribution in [2.45, 2.75) is 19.3 Å². The molecule has 0 bridgehead atoms. The van der Waals surface area contributed by atoms with Gasteiger partial charge in [0.1, 0.15) is 16.8 Å². The van der Waals surface area contributed by atoms with Gasteiger partial charge in [0.05, 0.1) is 11.9 Å². The summed E-state index contributed by atoms with van der Waals surface area (Å²) >= 11 is 5.92. The molecule has 3 heterocycles. The van der Waals surface area contributed by atoms with E-state index in [4.69, 9.17) is 17.3 Å². The summed E-state index contributed by atoms with van der Waals surface area (Å²) in [6.07, 6.45) is 5.13. The number of carbonyl (C=O) groups excluding carboxylic acids is 1. The van der Waals surface area contributed by atoms with Gasteiger partial charge in [0.25, 0.3) is 10.0 Å². The van der Waals surface area contributed by atoms with Gasteiger partial charge >= 0.3 is 0 Å². The molecule has 3 aromatic heterocycles. The molecule has 0 saturated heterocycles. The first-order valence-corrected chi connectivity index (χ1v) is 10.6. The lowest BCUT2D eigenvalue weighted by Crippen LogP contribution is -2.16. The van der Waals surface area contributed by atoms with Crippen molar-refractivity contribution < 1.29 is 13.2 Å². The van der Waals surface area contributed by atoms with E-state index >= 15 is 0 Å². The number of pyridine rings is 2. The van der Waals surface area contributed by atoms with Gasteiger partial charge in [-0.3, -0.25) is 4.79 Å². The van der Waals surface area contributed by atoms with E-state index in [0.29, 0.717) is 17.6 Å². The first-order chi connectivity index (χ1) is 13.3. The number of rotatable bonds is 5. The average Bonchev–Trinajstić information content (AvgIpc) is 3.29. The van der Waals surface area contributed by atoms with Gasteiger partial charge < -0.3 is 11.1 Å². The Hall–Kier alpha value is -2.72. The zero-order valence-corrected chi connectivity index (χ0v) is 16.4. The van der Waals surface area contributed by atoms with Gasteiger partial charge in [-0.2, -0.15) is 9.19 Å². The number of hydrogen-bond donors (Lipinski definition) is 2. The lowest BCUT2D eigenvalue weighted by Gasteiger charge is -2.07. The molecule has 0 unspecified atom stereocenters. The Morgan fingerprint density at radius 3 is 2.93 bits per heavy atom. The Morgan fingerprint density at radius 2 is 2.18 bits per heavy atom. The maximum atomic E-state index is 12.5. The highest BCUT2D eigenvalue weighted by Crippen LogP contribution is 2.48. The van der Waals surface area contributed by atoms with Crippen molar-refractivity contribution in [2.75, 3.05) is 16.8 Å². The summed E-state index contributed by atoms with van der Waals surface area (Å²) in [7, 11) is -3.43. The Bertz CT molecular complexity index is 1190. The molecular formula is C17H17ClN6O3S. The molecule has 146 valence electrons. The van der Waals surface area contributed by atoms with E-state index in [-0.39, 0.29) is 34.5 Å². The van der Waals surface area contributed by atoms with Crippen LogP contribution in [0.25, 0.3) is 10.8 Å². The molecule has 3 aromatic rings. The number of anilines is 2. The van der Waals surface area contributed by atoms with Crippen LogP contribution in [0.4, 0.5) is 11.6 Å². The van der Waals surface area contributed by atoms with Crippen molar-refractivity contribution >= 4 is 49.9 Å². The van der Waals surface area contributed by atoms with Gasteiger partial charge in [0.2, 0.25) is 5.91 Å². The highest BCUT2D eigenvalue weighted by atomic mass is 35.5. The van der Waals surface area contributed by atoms with Crippen molar-refractivity contribution in [1.82, 2.24) is 19.2 Å². The van der Waals surface area contributed by atoms with E-state index in [0.717, 1.165) is 15.0 Å². The van der Waals surface area contributed by atoms with Crippen molar-refractivity contribution in [3.05, 3.63) is 41.4 Å². The van der Waals surface area contributed by atoms with Crippen molar-refractivity contribution in [1.29, 1.82) is 0 Å². The molecule has 0 spiro atoms. The first kappa shape index (κ1) is 18.6. The van der Waals surface area contributed by atoms with Crippen LogP contribution < -0.4 is 11.1 Å². The van der Waals surface area contributed by atoms with E-state index in [1.807, 2.05) is 0 Å². The molecule has 1 fully saturated rings. The summed E-state index contributed by atoms with van der Waals surface area (Å²) in [4.78, 5) is 20.7. The summed E-state index contributed by atoms with van der Waals surface area (Å²) in [6.45, 7) is 1.55. The maximum absolute atomic E-state index is 12.5. The molecule has 11 heteroatoms. The fourth-order valence-corrected chi connectivity index (χ4v) is 4.02. The minimum absolute atomic E-state index is 0.0413. The van der Waals surface area contributed by atoms with Gasteiger partial charge in [-0.15, -0.1) is 0 Å². The lowest BCUT2D eigenvalue weighted by molar-refractivity contribution is -0.117. The van der Waals surface area contributed by atoms with E-state index in [1.165, 1.54) is 18.6 Å². The molecule has 1 aliphatic rings. The second-order valence-electron chi connectivity index (χ2n) is 6.61. The third kappa shape index (κ3) is 3.40. The maximum Gasteiger partial charge on any atom is 0.253 e. The third-order valence-corrected chi connectivity index (χ3v) is 6.44. The number of nitrogen functional groups attached to an aromatic ring is 1. The van der Waals surface area contributed by atoms with Crippen molar-refractivity contribution in [3.8, 4) is 0 Å². The number of fused-ring (bicyclic) bond motifs is 1. The zero-order chi connectivity index (χ0) is 20.1. The molecule has 1 amide bonds. The number of carbonyl (C=O) groups is 1. The van der Waals surface area contributed by atoms with Crippen LogP contribution in [0.15, 0.2) is 30.7 Å². The number of nitrogens with zero attached hydrogens (tertiary/aromatic N) is 4. The van der Waals surface area contributed by atoms with Crippen LogP contribution in [0, 0.1) is 5.92 Å². The quantitative estimate of drug-likeness (QED) is 0.603. The van der Waals surface area contributed by atoms with Crippen molar-refractivity contribution in [2.24, 2.45) is 5.92 Å². The van der Waals surface area contributed by atoms with Crippen LogP contribution in [-0.4, -0.2) is 39.2 Å². The third-order valence-electron chi connectivity index (χ3n) is 4.75. The molecule has 2 atom stereocenters. The molecule has 1 saturated carbocycles. The molecule has 4 rings (SSSR count). The molecule has 28 heavy (non-hydrogen) atoms. The number of nitrogens with one attached hydrogen (secondary N) is 1. The Labute approximate surface area is 166 Å².